The maximum atomic E-state index is 14.3. The number of benzene rings is 3. The molecule has 2 saturated heterocycles. The van der Waals surface area contributed by atoms with Crippen LogP contribution < -0.4 is 20.0 Å². The zero-order valence-corrected chi connectivity index (χ0v) is 19.5. The molecule has 1 spiro atoms. The summed E-state index contributed by atoms with van der Waals surface area (Å²) in [5.74, 6) is -0.982. The lowest BCUT2D eigenvalue weighted by molar-refractivity contribution is -0.144. The van der Waals surface area contributed by atoms with E-state index in [1.165, 1.54) is 0 Å². The van der Waals surface area contributed by atoms with Gasteiger partial charge in [0.15, 0.2) is 5.41 Å². The molecule has 0 unspecified atom stereocenters. The molecule has 0 saturated carbocycles. The normalized spacial score (nSPS) is 23.7. The van der Waals surface area contributed by atoms with E-state index in [9.17, 15) is 14.4 Å². The number of nitrogens with one attached hydrogen (secondary N) is 1. The predicted octanol–water partition coefficient (Wildman–Crippen LogP) is 3.52. The molecule has 0 aromatic heterocycles. The van der Waals surface area contributed by atoms with E-state index in [1.807, 2.05) is 67.6 Å². The maximum Gasteiger partial charge on any atom is 0.335 e. The molecular formula is C28H26N4O3. The summed E-state index contributed by atoms with van der Waals surface area (Å²) in [5, 5.41) is 2.53. The van der Waals surface area contributed by atoms with Crippen LogP contribution >= 0.6 is 0 Å². The fourth-order valence-corrected chi connectivity index (χ4v) is 5.76. The Bertz CT molecular complexity index is 1320. The van der Waals surface area contributed by atoms with Crippen molar-refractivity contribution < 1.29 is 14.4 Å². The number of barbiturate groups is 1. The fourth-order valence-electron chi connectivity index (χ4n) is 5.76. The summed E-state index contributed by atoms with van der Waals surface area (Å²) in [4.78, 5) is 46.6. The first kappa shape index (κ1) is 21.4. The van der Waals surface area contributed by atoms with Crippen molar-refractivity contribution in [2.45, 2.75) is 19.4 Å². The highest BCUT2D eigenvalue weighted by molar-refractivity contribution is 6.30. The minimum absolute atomic E-state index is 0.243. The Morgan fingerprint density at radius 1 is 0.829 bits per heavy atom. The number of carbonyl (C=O) groups is 3. The molecule has 0 aliphatic carbocycles. The zero-order chi connectivity index (χ0) is 24.2. The first-order valence-electron chi connectivity index (χ1n) is 11.9. The van der Waals surface area contributed by atoms with Crippen LogP contribution in [-0.2, 0) is 16.0 Å². The van der Waals surface area contributed by atoms with Gasteiger partial charge in [-0.2, -0.15) is 0 Å². The number of hydrogen-bond acceptors (Lipinski definition) is 5. The molecule has 6 rings (SSSR count). The van der Waals surface area contributed by atoms with E-state index in [0.29, 0.717) is 18.8 Å². The Labute approximate surface area is 203 Å². The summed E-state index contributed by atoms with van der Waals surface area (Å²) in [7, 11) is 0. The van der Waals surface area contributed by atoms with Crippen LogP contribution in [0.4, 0.5) is 21.9 Å². The van der Waals surface area contributed by atoms with Crippen LogP contribution in [0.5, 0.6) is 0 Å². The van der Waals surface area contributed by atoms with Crippen LogP contribution in [0.2, 0.25) is 0 Å². The van der Waals surface area contributed by atoms with Crippen molar-refractivity contribution in [1.82, 2.24) is 5.32 Å². The van der Waals surface area contributed by atoms with Crippen molar-refractivity contribution in [1.29, 1.82) is 0 Å². The van der Waals surface area contributed by atoms with Gasteiger partial charge in [0.1, 0.15) is 0 Å². The molecule has 4 amide bonds. The number of fused-ring (bicyclic) bond motifs is 4. The van der Waals surface area contributed by atoms with Crippen LogP contribution in [0.1, 0.15) is 11.1 Å². The molecule has 3 aliphatic rings. The van der Waals surface area contributed by atoms with Gasteiger partial charge in [0, 0.05) is 31.0 Å². The molecule has 2 atom stereocenters. The van der Waals surface area contributed by atoms with E-state index < -0.39 is 29.3 Å². The second kappa shape index (κ2) is 7.98. The third-order valence-electron chi connectivity index (χ3n) is 7.55. The highest BCUT2D eigenvalue weighted by atomic mass is 16.2. The van der Waals surface area contributed by atoms with Crippen molar-refractivity contribution in [3.63, 3.8) is 0 Å². The van der Waals surface area contributed by atoms with Gasteiger partial charge in [-0.1, -0.05) is 54.1 Å². The number of imide groups is 2. The molecule has 7 nitrogen and oxygen atoms in total. The number of rotatable bonds is 2. The van der Waals surface area contributed by atoms with Gasteiger partial charge < -0.3 is 9.80 Å². The minimum atomic E-state index is -1.43. The van der Waals surface area contributed by atoms with Crippen LogP contribution in [0.3, 0.4) is 0 Å². The summed E-state index contributed by atoms with van der Waals surface area (Å²) >= 11 is 0. The van der Waals surface area contributed by atoms with Crippen molar-refractivity contribution in [2.75, 3.05) is 34.3 Å². The molecule has 7 heteroatoms. The van der Waals surface area contributed by atoms with Crippen LogP contribution in [-0.4, -0.2) is 43.5 Å². The average Bonchev–Trinajstić information content (AvgIpc) is 2.88. The summed E-state index contributed by atoms with van der Waals surface area (Å²) in [6.07, 6.45) is 0.243. The SMILES string of the molecule is Cc1ccc(N2C(=O)NC(=O)[C@@]3(Cc4ccccc4N4CCN(c5ccccc5)C[C@H]43)C2=O)cc1. The highest BCUT2D eigenvalue weighted by Gasteiger charge is 2.63. The van der Waals surface area contributed by atoms with Crippen molar-refractivity contribution in [2.24, 2.45) is 5.41 Å². The van der Waals surface area contributed by atoms with Crippen LogP contribution in [0.15, 0.2) is 78.9 Å². The molecule has 0 bridgehead atoms. The monoisotopic (exact) mass is 466 g/mol. The van der Waals surface area contributed by atoms with E-state index >= 15 is 0 Å². The number of anilines is 3. The van der Waals surface area contributed by atoms with Gasteiger partial charge in [-0.05, 0) is 49.2 Å². The summed E-state index contributed by atoms with van der Waals surface area (Å²) in [6.45, 7) is 3.87. The third kappa shape index (κ3) is 3.22. The number of hydrogen-bond donors (Lipinski definition) is 1. The Morgan fingerprint density at radius 2 is 1.54 bits per heavy atom. The van der Waals surface area contributed by atoms with Gasteiger partial charge in [-0.15, -0.1) is 0 Å². The van der Waals surface area contributed by atoms with Crippen molar-refractivity contribution in [3.8, 4) is 0 Å². The maximum absolute atomic E-state index is 14.3. The largest absolute Gasteiger partial charge is 0.368 e. The molecule has 1 N–H and O–H groups in total. The Balaban J connectivity index is 1.48. The lowest BCUT2D eigenvalue weighted by atomic mass is 9.67. The molecule has 0 radical (unpaired) electrons. The van der Waals surface area contributed by atoms with Gasteiger partial charge in [0.05, 0.1) is 11.7 Å². The molecule has 35 heavy (non-hydrogen) atoms. The van der Waals surface area contributed by atoms with Gasteiger partial charge >= 0.3 is 6.03 Å². The number of amides is 4. The summed E-state index contributed by atoms with van der Waals surface area (Å²) in [6, 6.07) is 24.1. The van der Waals surface area contributed by atoms with Crippen LogP contribution in [0, 0.1) is 12.3 Å². The number of carbonyl (C=O) groups excluding carboxylic acids is 3. The number of aryl methyl sites for hydroxylation is 1. The Morgan fingerprint density at radius 3 is 2.31 bits per heavy atom. The van der Waals surface area contributed by atoms with Gasteiger partial charge in [-0.25, -0.2) is 9.69 Å². The van der Waals surface area contributed by atoms with Crippen LogP contribution in [0.25, 0.3) is 0 Å². The Kier molecular flexibility index (Phi) is 4.88. The van der Waals surface area contributed by atoms with E-state index in [4.69, 9.17) is 0 Å². The topological polar surface area (TPSA) is 73.0 Å². The molecule has 3 heterocycles. The Hall–Kier alpha value is -4.13. The minimum Gasteiger partial charge on any atom is -0.368 e. The second-order valence-corrected chi connectivity index (χ2v) is 9.50. The first-order valence-corrected chi connectivity index (χ1v) is 11.9. The lowest BCUT2D eigenvalue weighted by Crippen LogP contribution is -2.75. The zero-order valence-electron chi connectivity index (χ0n) is 19.5. The summed E-state index contributed by atoms with van der Waals surface area (Å²) < 4.78 is 0. The van der Waals surface area contributed by atoms with E-state index in [1.54, 1.807) is 12.1 Å². The van der Waals surface area contributed by atoms with Gasteiger partial charge in [0.25, 0.3) is 5.91 Å². The fraction of sp³-hybridized carbons (Fsp3) is 0.250. The molecule has 3 aromatic rings. The molecule has 3 aliphatic heterocycles. The quantitative estimate of drug-likeness (QED) is 0.585. The van der Waals surface area contributed by atoms with Crippen molar-refractivity contribution >= 4 is 34.9 Å². The molecule has 3 aromatic carbocycles. The van der Waals surface area contributed by atoms with E-state index in [2.05, 4.69) is 21.2 Å². The predicted molar refractivity (Wildman–Crippen MR) is 135 cm³/mol. The third-order valence-corrected chi connectivity index (χ3v) is 7.55. The van der Waals surface area contributed by atoms with Gasteiger partial charge in [-0.3, -0.25) is 14.9 Å². The number of nitrogens with zero attached hydrogens (tertiary/aromatic N) is 3. The van der Waals surface area contributed by atoms with Gasteiger partial charge in [0.2, 0.25) is 5.91 Å². The smallest absolute Gasteiger partial charge is 0.335 e. The lowest BCUT2D eigenvalue weighted by Gasteiger charge is -2.55. The second-order valence-electron chi connectivity index (χ2n) is 9.50. The molecular weight excluding hydrogens is 440 g/mol. The highest BCUT2D eigenvalue weighted by Crippen LogP contribution is 2.46. The number of piperazine rings is 1. The number of para-hydroxylation sites is 2. The van der Waals surface area contributed by atoms with E-state index in [-0.39, 0.29) is 6.42 Å². The average molecular weight is 467 g/mol. The molecule has 2 fully saturated rings. The standard InChI is InChI=1S/C28H26N4O3/c1-19-11-13-22(14-12-19)32-26(34)28(25(33)29-27(32)35)17-20-7-5-6-10-23(20)31-16-15-30(18-24(28)31)21-8-3-2-4-9-21/h2-14,24H,15-18H2,1H3,(H,29,33,35)/t24-,28-/m0/s1. The molecule has 176 valence electrons. The first-order chi connectivity index (χ1) is 17.0. The van der Waals surface area contributed by atoms with E-state index in [0.717, 1.165) is 33.9 Å². The summed E-state index contributed by atoms with van der Waals surface area (Å²) in [5.41, 5.74) is 3.10. The van der Waals surface area contributed by atoms with Crippen molar-refractivity contribution in [3.05, 3.63) is 90.0 Å². The number of urea groups is 1.